The van der Waals surface area contributed by atoms with E-state index in [-0.39, 0.29) is 22.2 Å². The van der Waals surface area contributed by atoms with Gasteiger partial charge in [0.05, 0.1) is 4.87 Å². The number of likely N-dealkylation sites (tertiary alicyclic amines) is 1. The van der Waals surface area contributed by atoms with E-state index in [0.29, 0.717) is 13.1 Å². The lowest BCUT2D eigenvalue weighted by Crippen LogP contribution is -2.54. The number of hydrogen-bond acceptors (Lipinski definition) is 3. The average molecular weight is 466 g/mol. The Morgan fingerprint density at radius 2 is 1.73 bits per heavy atom. The summed E-state index contributed by atoms with van der Waals surface area (Å²) in [5, 5.41) is 3.04. The van der Waals surface area contributed by atoms with Crippen molar-refractivity contribution < 1.29 is 9.59 Å². The molecule has 176 valence electrons. The minimum atomic E-state index is -0.210. The molecular formula is C27H35N3O2S. The maximum absolute atomic E-state index is 13.4. The monoisotopic (exact) mass is 465 g/mol. The molecule has 2 aromatic rings. The molecule has 1 N–H and O–H groups in total. The third kappa shape index (κ3) is 5.06. The number of benzene rings is 2. The van der Waals surface area contributed by atoms with Gasteiger partial charge in [0.25, 0.3) is 5.91 Å². The van der Waals surface area contributed by atoms with Crippen LogP contribution in [0.15, 0.2) is 48.5 Å². The number of aryl methyl sites for hydroxylation is 1. The van der Waals surface area contributed by atoms with Crippen LogP contribution in [-0.4, -0.2) is 52.0 Å². The van der Waals surface area contributed by atoms with Crippen molar-refractivity contribution in [2.75, 3.05) is 30.7 Å². The summed E-state index contributed by atoms with van der Waals surface area (Å²) in [7, 11) is 0. The van der Waals surface area contributed by atoms with E-state index in [0.717, 1.165) is 42.8 Å². The van der Waals surface area contributed by atoms with Crippen LogP contribution in [0.1, 0.15) is 62.0 Å². The molecule has 2 fully saturated rings. The van der Waals surface area contributed by atoms with Gasteiger partial charge in [-0.15, -0.1) is 11.8 Å². The summed E-state index contributed by atoms with van der Waals surface area (Å²) < 4.78 is 0. The molecule has 4 rings (SSSR count). The highest BCUT2D eigenvalue weighted by molar-refractivity contribution is 8.00. The number of urea groups is 1. The zero-order valence-corrected chi connectivity index (χ0v) is 21.0. The second-order valence-corrected chi connectivity index (χ2v) is 11.5. The molecule has 1 spiro atoms. The number of rotatable bonds is 3. The summed E-state index contributed by atoms with van der Waals surface area (Å²) in [5.41, 5.74) is 4.09. The highest BCUT2D eigenvalue weighted by Crippen LogP contribution is 2.44. The second-order valence-electron chi connectivity index (χ2n) is 10.0. The molecular weight excluding hydrogens is 430 g/mol. The van der Waals surface area contributed by atoms with E-state index in [9.17, 15) is 9.59 Å². The number of nitrogens with one attached hydrogen (secondary N) is 1. The van der Waals surface area contributed by atoms with Gasteiger partial charge in [0.2, 0.25) is 0 Å². The number of carbonyl (C=O) groups is 2. The number of anilines is 1. The van der Waals surface area contributed by atoms with Crippen molar-refractivity contribution in [2.24, 2.45) is 0 Å². The minimum Gasteiger partial charge on any atom is -0.324 e. The SMILES string of the molecule is CCc1cccc(NC(=O)N2CCC3(CC2)SCCN3C(=O)c2ccc(C(C)(C)C)cc2)c1. The van der Waals surface area contributed by atoms with Gasteiger partial charge in [-0.25, -0.2) is 4.79 Å². The molecule has 2 aliphatic rings. The molecule has 6 heteroatoms. The second kappa shape index (κ2) is 9.41. The van der Waals surface area contributed by atoms with Gasteiger partial charge in [-0.2, -0.15) is 0 Å². The number of nitrogens with zero attached hydrogens (tertiary/aromatic N) is 2. The van der Waals surface area contributed by atoms with Crippen molar-refractivity contribution in [1.29, 1.82) is 0 Å². The summed E-state index contributed by atoms with van der Waals surface area (Å²) in [5.74, 6) is 1.05. The Labute approximate surface area is 201 Å². The van der Waals surface area contributed by atoms with Crippen LogP contribution in [0.4, 0.5) is 10.5 Å². The molecule has 0 bridgehead atoms. The smallest absolute Gasteiger partial charge is 0.321 e. The molecule has 33 heavy (non-hydrogen) atoms. The molecule has 0 saturated carbocycles. The van der Waals surface area contributed by atoms with Crippen LogP contribution in [0.5, 0.6) is 0 Å². The normalized spacial score (nSPS) is 17.9. The predicted octanol–water partition coefficient (Wildman–Crippen LogP) is 5.76. The van der Waals surface area contributed by atoms with Crippen LogP contribution in [-0.2, 0) is 11.8 Å². The van der Waals surface area contributed by atoms with E-state index >= 15 is 0 Å². The molecule has 0 radical (unpaired) electrons. The first-order valence-electron chi connectivity index (χ1n) is 11.9. The lowest BCUT2D eigenvalue weighted by Gasteiger charge is -2.44. The zero-order valence-electron chi connectivity index (χ0n) is 20.2. The van der Waals surface area contributed by atoms with Gasteiger partial charge >= 0.3 is 6.03 Å². The molecule has 3 amide bonds. The van der Waals surface area contributed by atoms with Gasteiger partial charge < -0.3 is 15.1 Å². The van der Waals surface area contributed by atoms with E-state index in [1.165, 1.54) is 11.1 Å². The molecule has 2 heterocycles. The Balaban J connectivity index is 1.40. The van der Waals surface area contributed by atoms with Crippen LogP contribution in [0.3, 0.4) is 0 Å². The minimum absolute atomic E-state index is 0.0586. The third-order valence-corrected chi connectivity index (χ3v) is 8.39. The lowest BCUT2D eigenvalue weighted by molar-refractivity contribution is 0.0585. The third-order valence-electron chi connectivity index (χ3n) is 6.84. The van der Waals surface area contributed by atoms with E-state index in [2.05, 4.69) is 56.1 Å². The van der Waals surface area contributed by atoms with Crippen molar-refractivity contribution >= 4 is 29.4 Å². The molecule has 0 atom stereocenters. The molecule has 2 saturated heterocycles. The van der Waals surface area contributed by atoms with Crippen molar-refractivity contribution in [3.8, 4) is 0 Å². The summed E-state index contributed by atoms with van der Waals surface area (Å²) in [6.45, 7) is 10.7. The van der Waals surface area contributed by atoms with Crippen molar-refractivity contribution in [1.82, 2.24) is 9.80 Å². The largest absolute Gasteiger partial charge is 0.324 e. The Kier molecular flexibility index (Phi) is 6.76. The molecule has 0 unspecified atom stereocenters. The maximum atomic E-state index is 13.4. The molecule has 0 aliphatic carbocycles. The molecule has 2 aliphatic heterocycles. The first-order valence-corrected chi connectivity index (χ1v) is 12.9. The maximum Gasteiger partial charge on any atom is 0.321 e. The van der Waals surface area contributed by atoms with Crippen molar-refractivity contribution in [3.05, 3.63) is 65.2 Å². The van der Waals surface area contributed by atoms with Crippen molar-refractivity contribution in [3.63, 3.8) is 0 Å². The first kappa shape index (κ1) is 23.7. The Morgan fingerprint density at radius 1 is 1.03 bits per heavy atom. The van der Waals surface area contributed by atoms with E-state index in [4.69, 9.17) is 0 Å². The highest BCUT2D eigenvalue weighted by atomic mass is 32.2. The topological polar surface area (TPSA) is 52.7 Å². The van der Waals surface area contributed by atoms with Gasteiger partial charge in [-0.05, 0) is 60.1 Å². The molecule has 2 aromatic carbocycles. The molecule has 0 aromatic heterocycles. The van der Waals surface area contributed by atoms with E-state index < -0.39 is 0 Å². The fourth-order valence-corrected chi connectivity index (χ4v) is 6.16. The van der Waals surface area contributed by atoms with Gasteiger partial charge in [0.15, 0.2) is 0 Å². The van der Waals surface area contributed by atoms with Gasteiger partial charge in [0.1, 0.15) is 0 Å². The average Bonchev–Trinajstić information content (AvgIpc) is 3.21. The molecule has 5 nitrogen and oxygen atoms in total. The summed E-state index contributed by atoms with van der Waals surface area (Å²) in [6, 6.07) is 16.0. The van der Waals surface area contributed by atoms with Crippen LogP contribution >= 0.6 is 11.8 Å². The number of carbonyl (C=O) groups excluding carboxylic acids is 2. The summed E-state index contributed by atoms with van der Waals surface area (Å²) in [4.78, 5) is 30.0. The standard InChI is InChI=1S/C27H35N3O2S/c1-5-20-7-6-8-23(19-20)28-25(32)29-15-13-27(14-16-29)30(17-18-33-27)24(31)21-9-11-22(12-10-21)26(2,3)4/h6-12,19H,5,13-18H2,1-4H3,(H,28,32). The van der Waals surface area contributed by atoms with Crippen LogP contribution < -0.4 is 5.32 Å². The Bertz CT molecular complexity index is 1000. The highest BCUT2D eigenvalue weighted by Gasteiger charge is 2.47. The first-order chi connectivity index (χ1) is 15.7. The lowest BCUT2D eigenvalue weighted by atomic mass is 9.86. The van der Waals surface area contributed by atoms with Crippen molar-refractivity contribution in [2.45, 2.75) is 57.2 Å². The van der Waals surface area contributed by atoms with Crippen LogP contribution in [0, 0.1) is 0 Å². The van der Waals surface area contributed by atoms with E-state index in [1.807, 2.05) is 47.0 Å². The fourth-order valence-electron chi connectivity index (χ4n) is 4.71. The van der Waals surface area contributed by atoms with Gasteiger partial charge in [0, 0.05) is 36.6 Å². The predicted molar refractivity (Wildman–Crippen MR) is 137 cm³/mol. The zero-order chi connectivity index (χ0) is 23.6. The number of amides is 3. The number of thioether (sulfide) groups is 1. The summed E-state index contributed by atoms with van der Waals surface area (Å²) >= 11 is 1.87. The Morgan fingerprint density at radius 3 is 2.36 bits per heavy atom. The summed E-state index contributed by atoms with van der Waals surface area (Å²) in [6.07, 6.45) is 2.54. The fraction of sp³-hybridized carbons (Fsp3) is 0.481. The van der Waals surface area contributed by atoms with Gasteiger partial charge in [-0.3, -0.25) is 4.79 Å². The number of piperidine rings is 1. The van der Waals surface area contributed by atoms with Crippen LogP contribution in [0.2, 0.25) is 0 Å². The number of hydrogen-bond donors (Lipinski definition) is 1. The van der Waals surface area contributed by atoms with E-state index in [1.54, 1.807) is 0 Å². The Hall–Kier alpha value is -2.47. The quantitative estimate of drug-likeness (QED) is 0.627. The van der Waals surface area contributed by atoms with Crippen LogP contribution in [0.25, 0.3) is 0 Å². The van der Waals surface area contributed by atoms with Gasteiger partial charge in [-0.1, -0.05) is 52.0 Å².